The highest BCUT2D eigenvalue weighted by atomic mass is 32.2. The third kappa shape index (κ3) is 3.57. The van der Waals surface area contributed by atoms with Crippen LogP contribution in [-0.4, -0.2) is 38.5 Å². The summed E-state index contributed by atoms with van der Waals surface area (Å²) < 4.78 is 6.40. The maximum atomic E-state index is 11.9. The number of methoxy groups -OCH3 is 1. The van der Waals surface area contributed by atoms with Gasteiger partial charge in [0, 0.05) is 7.05 Å². The molecule has 20 heavy (non-hydrogen) atoms. The van der Waals surface area contributed by atoms with Gasteiger partial charge in [-0.2, -0.15) is 0 Å². The Hall–Kier alpha value is -1.89. The highest BCUT2D eigenvalue weighted by Gasteiger charge is 2.23. The predicted octanol–water partition coefficient (Wildman–Crippen LogP) is 1.39. The monoisotopic (exact) mass is 292 g/mol. The third-order valence-electron chi connectivity index (χ3n) is 2.83. The van der Waals surface area contributed by atoms with Crippen molar-refractivity contribution >= 4 is 17.7 Å². The number of tetrazole rings is 1. The molecule has 7 heteroatoms. The molecule has 1 atom stereocenters. The number of esters is 1. The van der Waals surface area contributed by atoms with E-state index in [2.05, 4.69) is 15.5 Å². The largest absolute Gasteiger partial charge is 0.468 e. The summed E-state index contributed by atoms with van der Waals surface area (Å²) in [5.74, 6) is -0.279. The van der Waals surface area contributed by atoms with Crippen molar-refractivity contribution in [3.05, 3.63) is 35.4 Å². The second-order valence-electron chi connectivity index (χ2n) is 4.40. The first-order valence-corrected chi connectivity index (χ1v) is 7.00. The quantitative estimate of drug-likeness (QED) is 0.613. The van der Waals surface area contributed by atoms with Gasteiger partial charge in [0.25, 0.3) is 0 Å². The van der Waals surface area contributed by atoms with Crippen LogP contribution in [0.15, 0.2) is 29.4 Å². The molecule has 0 saturated heterocycles. The number of nitrogens with zero attached hydrogens (tertiary/aromatic N) is 4. The van der Waals surface area contributed by atoms with Crippen LogP contribution in [0.1, 0.15) is 11.1 Å². The first-order valence-electron chi connectivity index (χ1n) is 6.12. The van der Waals surface area contributed by atoms with Gasteiger partial charge in [0.05, 0.1) is 7.11 Å². The lowest BCUT2D eigenvalue weighted by Gasteiger charge is -2.13. The Balaban J connectivity index is 2.13. The number of aromatic nitrogens is 4. The molecule has 0 bridgehead atoms. The molecule has 0 unspecified atom stereocenters. The van der Waals surface area contributed by atoms with E-state index in [1.807, 2.05) is 31.2 Å². The Kier molecular flexibility index (Phi) is 4.73. The first kappa shape index (κ1) is 14.5. The van der Waals surface area contributed by atoms with E-state index in [9.17, 15) is 4.79 Å². The number of benzene rings is 1. The summed E-state index contributed by atoms with van der Waals surface area (Å²) in [5, 5.41) is 11.4. The molecule has 0 amide bonds. The average molecular weight is 292 g/mol. The van der Waals surface area contributed by atoms with E-state index in [-0.39, 0.29) is 11.2 Å². The molecule has 0 aliphatic heterocycles. The van der Waals surface area contributed by atoms with E-state index in [0.29, 0.717) is 11.6 Å². The molecule has 0 fully saturated rings. The van der Waals surface area contributed by atoms with Gasteiger partial charge >= 0.3 is 5.97 Å². The zero-order chi connectivity index (χ0) is 14.5. The van der Waals surface area contributed by atoms with Crippen LogP contribution in [-0.2, 0) is 23.0 Å². The summed E-state index contributed by atoms with van der Waals surface area (Å²) in [6.07, 6.45) is 0.574. The molecule has 2 rings (SSSR count). The Bertz CT molecular complexity index is 582. The van der Waals surface area contributed by atoms with Crippen molar-refractivity contribution in [1.29, 1.82) is 0 Å². The molecular weight excluding hydrogens is 276 g/mol. The molecule has 0 saturated carbocycles. The number of thioether (sulfide) groups is 1. The number of aryl methyl sites for hydroxylation is 2. The second kappa shape index (κ2) is 6.51. The molecule has 0 radical (unpaired) electrons. The van der Waals surface area contributed by atoms with Crippen LogP contribution in [0.3, 0.4) is 0 Å². The van der Waals surface area contributed by atoms with E-state index < -0.39 is 0 Å². The smallest absolute Gasteiger partial charge is 0.319 e. The van der Waals surface area contributed by atoms with Crippen molar-refractivity contribution in [3.63, 3.8) is 0 Å². The van der Waals surface area contributed by atoms with Gasteiger partial charge < -0.3 is 4.74 Å². The Morgan fingerprint density at radius 2 is 2.10 bits per heavy atom. The maximum absolute atomic E-state index is 11.9. The standard InChI is InChI=1S/C13H16N4O2S/c1-9-4-6-10(7-5-9)8-11(12(18)19-3)20-13-14-15-16-17(13)2/h4-7,11H,8H2,1-3H3/t11-/m1/s1. The predicted molar refractivity (Wildman–Crippen MR) is 75.3 cm³/mol. The van der Waals surface area contributed by atoms with Crippen LogP contribution >= 0.6 is 11.8 Å². The van der Waals surface area contributed by atoms with Crippen LogP contribution in [0.2, 0.25) is 0 Å². The summed E-state index contributed by atoms with van der Waals surface area (Å²) >= 11 is 1.31. The normalized spacial score (nSPS) is 12.2. The van der Waals surface area contributed by atoms with Crippen LogP contribution in [0.5, 0.6) is 0 Å². The highest BCUT2D eigenvalue weighted by molar-refractivity contribution is 8.00. The lowest BCUT2D eigenvalue weighted by molar-refractivity contribution is -0.139. The van der Waals surface area contributed by atoms with Gasteiger partial charge in [0.1, 0.15) is 5.25 Å². The second-order valence-corrected chi connectivity index (χ2v) is 5.57. The zero-order valence-corrected chi connectivity index (χ0v) is 12.4. The molecule has 1 aromatic heterocycles. The van der Waals surface area contributed by atoms with Crippen LogP contribution < -0.4 is 0 Å². The fourth-order valence-corrected chi connectivity index (χ4v) is 2.69. The van der Waals surface area contributed by atoms with Crippen molar-refractivity contribution < 1.29 is 9.53 Å². The van der Waals surface area contributed by atoms with Gasteiger partial charge in [0.15, 0.2) is 0 Å². The van der Waals surface area contributed by atoms with Gasteiger partial charge in [-0.1, -0.05) is 41.6 Å². The minimum absolute atomic E-state index is 0.279. The Labute approximate surface area is 121 Å². The van der Waals surface area contributed by atoms with Crippen molar-refractivity contribution in [2.75, 3.05) is 7.11 Å². The van der Waals surface area contributed by atoms with Gasteiger partial charge in [0.2, 0.25) is 5.16 Å². The molecule has 106 valence electrons. The zero-order valence-electron chi connectivity index (χ0n) is 11.6. The van der Waals surface area contributed by atoms with Crippen molar-refractivity contribution in [1.82, 2.24) is 20.2 Å². The Morgan fingerprint density at radius 3 is 2.65 bits per heavy atom. The summed E-state index contributed by atoms with van der Waals surface area (Å²) in [6.45, 7) is 2.03. The fraction of sp³-hybridized carbons (Fsp3) is 0.385. The van der Waals surface area contributed by atoms with Crippen LogP contribution in [0.4, 0.5) is 0 Å². The van der Waals surface area contributed by atoms with E-state index in [0.717, 1.165) is 5.56 Å². The molecule has 2 aromatic rings. The third-order valence-corrected chi connectivity index (χ3v) is 4.04. The molecule has 1 aromatic carbocycles. The molecule has 6 nitrogen and oxygen atoms in total. The number of rotatable bonds is 5. The fourth-order valence-electron chi connectivity index (χ4n) is 1.69. The summed E-state index contributed by atoms with van der Waals surface area (Å²) in [5.41, 5.74) is 2.27. The van der Waals surface area contributed by atoms with Gasteiger partial charge in [-0.05, 0) is 29.3 Å². The van der Waals surface area contributed by atoms with E-state index in [1.165, 1.54) is 29.1 Å². The lowest BCUT2D eigenvalue weighted by atomic mass is 10.1. The summed E-state index contributed by atoms with van der Waals surface area (Å²) in [6, 6.07) is 8.08. The maximum Gasteiger partial charge on any atom is 0.319 e. The SMILES string of the molecule is COC(=O)[C@@H](Cc1ccc(C)cc1)Sc1nnnn1C. The minimum Gasteiger partial charge on any atom is -0.468 e. The number of carbonyl (C=O) groups excluding carboxylic acids is 1. The first-order chi connectivity index (χ1) is 9.60. The van der Waals surface area contributed by atoms with Gasteiger partial charge in [-0.15, -0.1) is 5.10 Å². The molecule has 0 N–H and O–H groups in total. The lowest BCUT2D eigenvalue weighted by Crippen LogP contribution is -2.22. The van der Waals surface area contributed by atoms with Crippen molar-refractivity contribution in [3.8, 4) is 0 Å². The van der Waals surface area contributed by atoms with Gasteiger partial charge in [-0.3, -0.25) is 4.79 Å². The number of carbonyl (C=O) groups is 1. The molecular formula is C13H16N4O2S. The average Bonchev–Trinajstić information content (AvgIpc) is 2.85. The molecule has 0 aliphatic rings. The topological polar surface area (TPSA) is 69.9 Å². The van der Waals surface area contributed by atoms with Crippen LogP contribution in [0, 0.1) is 6.92 Å². The van der Waals surface area contributed by atoms with Crippen LogP contribution in [0.25, 0.3) is 0 Å². The van der Waals surface area contributed by atoms with Gasteiger partial charge in [-0.25, -0.2) is 4.68 Å². The highest BCUT2D eigenvalue weighted by Crippen LogP contribution is 2.24. The number of hydrogen-bond donors (Lipinski definition) is 0. The molecule has 0 aliphatic carbocycles. The van der Waals surface area contributed by atoms with E-state index >= 15 is 0 Å². The molecule has 1 heterocycles. The Morgan fingerprint density at radius 1 is 1.40 bits per heavy atom. The summed E-state index contributed by atoms with van der Waals surface area (Å²) in [7, 11) is 3.13. The number of hydrogen-bond acceptors (Lipinski definition) is 6. The summed E-state index contributed by atoms with van der Waals surface area (Å²) in [4.78, 5) is 11.9. The van der Waals surface area contributed by atoms with Crippen molar-refractivity contribution in [2.24, 2.45) is 7.05 Å². The number of ether oxygens (including phenoxy) is 1. The molecule has 0 spiro atoms. The van der Waals surface area contributed by atoms with Crippen molar-refractivity contribution in [2.45, 2.75) is 23.8 Å². The minimum atomic E-state index is -0.368. The van der Waals surface area contributed by atoms with E-state index in [4.69, 9.17) is 4.74 Å². The van der Waals surface area contributed by atoms with E-state index in [1.54, 1.807) is 7.05 Å².